The largest absolute Gasteiger partial charge is 0.497 e. The number of benzene rings is 2. The first-order valence-corrected chi connectivity index (χ1v) is 10.6. The van der Waals surface area contributed by atoms with Gasteiger partial charge in [0.15, 0.2) is 0 Å². The van der Waals surface area contributed by atoms with E-state index in [1.54, 1.807) is 43.2 Å². The van der Waals surface area contributed by atoms with Crippen LogP contribution >= 0.6 is 0 Å². The highest BCUT2D eigenvalue weighted by molar-refractivity contribution is 7.92. The lowest BCUT2D eigenvalue weighted by Gasteiger charge is -2.35. The highest BCUT2D eigenvalue weighted by Gasteiger charge is 2.33. The zero-order valence-electron chi connectivity index (χ0n) is 15.8. The van der Waals surface area contributed by atoms with E-state index in [0.717, 1.165) is 18.2 Å². The Labute approximate surface area is 160 Å². The number of methoxy groups -OCH3 is 1. The van der Waals surface area contributed by atoms with Gasteiger partial charge in [-0.1, -0.05) is 24.3 Å². The Balaban J connectivity index is 1.86. The van der Waals surface area contributed by atoms with E-state index in [9.17, 15) is 13.2 Å². The first-order chi connectivity index (χ1) is 12.8. The predicted octanol–water partition coefficient (Wildman–Crippen LogP) is 2.43. The summed E-state index contributed by atoms with van der Waals surface area (Å²) in [7, 11) is -2.09. The monoisotopic (exact) mass is 388 g/mol. The Kier molecular flexibility index (Phi) is 5.41. The van der Waals surface area contributed by atoms with Gasteiger partial charge in [0.25, 0.3) is 0 Å². The number of hydrogen-bond donors (Lipinski definition) is 0. The normalized spacial score (nSPS) is 15.0. The molecule has 0 saturated carbocycles. The molecule has 144 valence electrons. The Morgan fingerprint density at radius 1 is 1.11 bits per heavy atom. The number of sulfonamides is 1. The molecular formula is C20H24N2O4S. The minimum atomic E-state index is -3.64. The van der Waals surface area contributed by atoms with Crippen molar-refractivity contribution in [2.75, 3.05) is 24.2 Å². The third-order valence-electron chi connectivity index (χ3n) is 4.84. The molecule has 2 aromatic rings. The first-order valence-electron chi connectivity index (χ1n) is 8.80. The third kappa shape index (κ3) is 4.08. The van der Waals surface area contributed by atoms with Crippen LogP contribution in [0.25, 0.3) is 0 Å². The number of rotatable bonds is 5. The Morgan fingerprint density at radius 2 is 1.74 bits per heavy atom. The average molecular weight is 388 g/mol. The van der Waals surface area contributed by atoms with Crippen molar-refractivity contribution in [1.29, 1.82) is 0 Å². The molecule has 6 nitrogen and oxygen atoms in total. The average Bonchev–Trinajstić information content (AvgIpc) is 2.66. The smallest absolute Gasteiger partial charge is 0.246 e. The summed E-state index contributed by atoms with van der Waals surface area (Å²) in [4.78, 5) is 14.8. The van der Waals surface area contributed by atoms with Crippen molar-refractivity contribution in [2.24, 2.45) is 0 Å². The highest BCUT2D eigenvalue weighted by atomic mass is 32.2. The fraction of sp³-hybridized carbons (Fsp3) is 0.350. The number of ether oxygens (including phenoxy) is 1. The van der Waals surface area contributed by atoms with Crippen molar-refractivity contribution < 1.29 is 17.9 Å². The van der Waals surface area contributed by atoms with Crippen LogP contribution < -0.4 is 9.04 Å². The molecule has 1 heterocycles. The summed E-state index contributed by atoms with van der Waals surface area (Å²) >= 11 is 0. The summed E-state index contributed by atoms with van der Waals surface area (Å²) in [5.41, 5.74) is 2.79. The molecule has 1 atom stereocenters. The zero-order chi connectivity index (χ0) is 19.6. The lowest BCUT2D eigenvalue weighted by Crippen LogP contribution is -2.50. The maximum absolute atomic E-state index is 13.1. The SMILES string of the molecule is COc1ccc(N([C@H](C)C(=O)N2CCc3ccccc3C2)S(C)(=O)=O)cc1. The van der Waals surface area contributed by atoms with Gasteiger partial charge in [0.05, 0.1) is 19.1 Å². The van der Waals surface area contributed by atoms with Crippen molar-refractivity contribution in [3.63, 3.8) is 0 Å². The molecule has 0 saturated heterocycles. The van der Waals surface area contributed by atoms with Crippen LogP contribution in [0.5, 0.6) is 5.75 Å². The molecule has 0 spiro atoms. The molecule has 0 fully saturated rings. The number of hydrogen-bond acceptors (Lipinski definition) is 4. The van der Waals surface area contributed by atoms with Crippen molar-refractivity contribution in [3.8, 4) is 5.75 Å². The van der Waals surface area contributed by atoms with Gasteiger partial charge < -0.3 is 9.64 Å². The maximum atomic E-state index is 13.1. The second kappa shape index (κ2) is 7.60. The molecule has 3 rings (SSSR count). The van der Waals surface area contributed by atoms with E-state index in [4.69, 9.17) is 4.74 Å². The van der Waals surface area contributed by atoms with Crippen LogP contribution in [0.15, 0.2) is 48.5 Å². The van der Waals surface area contributed by atoms with E-state index < -0.39 is 16.1 Å². The summed E-state index contributed by atoms with van der Waals surface area (Å²) in [5, 5.41) is 0. The summed E-state index contributed by atoms with van der Waals surface area (Å²) in [5.74, 6) is 0.421. The number of carbonyl (C=O) groups is 1. The summed E-state index contributed by atoms with van der Waals surface area (Å²) in [6, 6.07) is 13.9. The molecule has 1 aliphatic rings. The van der Waals surface area contributed by atoms with Gasteiger partial charge >= 0.3 is 0 Å². The molecular weight excluding hydrogens is 364 g/mol. The van der Waals surface area contributed by atoms with E-state index in [-0.39, 0.29) is 5.91 Å². The van der Waals surface area contributed by atoms with Crippen molar-refractivity contribution in [3.05, 3.63) is 59.7 Å². The van der Waals surface area contributed by atoms with Gasteiger partial charge in [-0.15, -0.1) is 0 Å². The second-order valence-corrected chi connectivity index (χ2v) is 8.57. The molecule has 0 aromatic heterocycles. The van der Waals surface area contributed by atoms with Gasteiger partial charge in [-0.05, 0) is 48.7 Å². The van der Waals surface area contributed by atoms with Gasteiger partial charge in [-0.3, -0.25) is 9.10 Å². The lowest BCUT2D eigenvalue weighted by molar-refractivity contribution is -0.132. The van der Waals surface area contributed by atoms with E-state index in [2.05, 4.69) is 6.07 Å². The first kappa shape index (κ1) is 19.2. The molecule has 1 aliphatic heterocycles. The van der Waals surface area contributed by atoms with Crippen LogP contribution in [0.4, 0.5) is 5.69 Å². The Morgan fingerprint density at radius 3 is 2.33 bits per heavy atom. The highest BCUT2D eigenvalue weighted by Crippen LogP contribution is 2.26. The van der Waals surface area contributed by atoms with Crippen molar-refractivity contribution >= 4 is 21.6 Å². The minimum Gasteiger partial charge on any atom is -0.497 e. The van der Waals surface area contributed by atoms with Gasteiger partial charge in [0.2, 0.25) is 15.9 Å². The molecule has 7 heteroatoms. The fourth-order valence-corrected chi connectivity index (χ4v) is 4.65. The lowest BCUT2D eigenvalue weighted by atomic mass is 9.99. The molecule has 0 radical (unpaired) electrons. The molecule has 0 unspecified atom stereocenters. The summed E-state index contributed by atoms with van der Waals surface area (Å²) in [6.45, 7) is 2.72. The van der Waals surface area contributed by atoms with Gasteiger partial charge in [0, 0.05) is 13.1 Å². The quantitative estimate of drug-likeness (QED) is 0.789. The topological polar surface area (TPSA) is 66.9 Å². The van der Waals surface area contributed by atoms with Crippen LogP contribution in [-0.2, 0) is 27.8 Å². The van der Waals surface area contributed by atoms with Crippen LogP contribution in [0.2, 0.25) is 0 Å². The van der Waals surface area contributed by atoms with Crippen molar-refractivity contribution in [1.82, 2.24) is 4.90 Å². The number of fused-ring (bicyclic) bond motifs is 1. The minimum absolute atomic E-state index is 0.203. The Hall–Kier alpha value is -2.54. The van der Waals surface area contributed by atoms with E-state index in [1.807, 2.05) is 18.2 Å². The molecule has 0 bridgehead atoms. The molecule has 0 aliphatic carbocycles. The molecule has 27 heavy (non-hydrogen) atoms. The van der Waals surface area contributed by atoms with E-state index >= 15 is 0 Å². The van der Waals surface area contributed by atoms with Crippen LogP contribution in [0.1, 0.15) is 18.1 Å². The summed E-state index contributed by atoms with van der Waals surface area (Å²) < 4.78 is 31.2. The fourth-order valence-electron chi connectivity index (χ4n) is 3.48. The second-order valence-electron chi connectivity index (χ2n) is 6.71. The number of carbonyl (C=O) groups excluding carboxylic acids is 1. The molecule has 2 aromatic carbocycles. The molecule has 0 N–H and O–H groups in total. The van der Waals surface area contributed by atoms with Gasteiger partial charge in [0.1, 0.15) is 11.8 Å². The van der Waals surface area contributed by atoms with Crippen LogP contribution in [0, 0.1) is 0 Å². The molecule has 1 amide bonds. The maximum Gasteiger partial charge on any atom is 0.246 e. The zero-order valence-corrected chi connectivity index (χ0v) is 16.6. The van der Waals surface area contributed by atoms with E-state index in [1.165, 1.54) is 9.87 Å². The van der Waals surface area contributed by atoms with Gasteiger partial charge in [-0.2, -0.15) is 0 Å². The number of amides is 1. The Bertz CT molecular complexity index is 925. The van der Waals surface area contributed by atoms with Crippen molar-refractivity contribution in [2.45, 2.75) is 25.9 Å². The predicted molar refractivity (Wildman–Crippen MR) is 105 cm³/mol. The standard InChI is InChI=1S/C20H24N2O4S/c1-15(20(23)21-13-12-16-6-4-5-7-17(16)14-21)22(27(3,24)25)18-8-10-19(26-2)11-9-18/h4-11,15H,12-14H2,1-3H3/t15-/m1/s1. The number of anilines is 1. The van der Waals surface area contributed by atoms with E-state index in [0.29, 0.717) is 24.5 Å². The van der Waals surface area contributed by atoms with Crippen LogP contribution in [0.3, 0.4) is 0 Å². The number of nitrogens with zero attached hydrogens (tertiary/aromatic N) is 2. The van der Waals surface area contributed by atoms with Crippen LogP contribution in [-0.4, -0.2) is 45.2 Å². The summed E-state index contributed by atoms with van der Waals surface area (Å²) in [6.07, 6.45) is 1.89. The third-order valence-corrected chi connectivity index (χ3v) is 6.08. The van der Waals surface area contributed by atoms with Gasteiger partial charge in [-0.25, -0.2) is 8.42 Å².